The van der Waals surface area contributed by atoms with Crippen LogP contribution in [0.15, 0.2) is 38.3 Å². The highest BCUT2D eigenvalue weighted by Crippen LogP contribution is 2.31. The summed E-state index contributed by atoms with van der Waals surface area (Å²) in [6.45, 7) is 0.459. The Labute approximate surface area is 174 Å². The number of carbonyl (C=O) groups excluding carboxylic acids is 1. The summed E-state index contributed by atoms with van der Waals surface area (Å²) in [4.78, 5) is 13.4. The molecule has 0 aliphatic carbocycles. The average Bonchev–Trinajstić information content (AvgIpc) is 3.43. The van der Waals surface area contributed by atoms with Crippen molar-refractivity contribution in [1.29, 1.82) is 0 Å². The van der Waals surface area contributed by atoms with E-state index in [2.05, 4.69) is 15.5 Å². The molecule has 148 valence electrons. The Kier molecular flexibility index (Phi) is 5.52. The lowest BCUT2D eigenvalue weighted by molar-refractivity contribution is -0.121. The number of aromatic nitrogens is 2. The van der Waals surface area contributed by atoms with Gasteiger partial charge in [0.2, 0.25) is 5.91 Å². The smallest absolute Gasteiger partial charge is 0.322 e. The fourth-order valence-corrected chi connectivity index (χ4v) is 6.72. The van der Waals surface area contributed by atoms with Crippen LogP contribution in [0, 0.1) is 5.92 Å². The van der Waals surface area contributed by atoms with E-state index < -0.39 is 15.9 Å². The predicted octanol–water partition coefficient (Wildman–Crippen LogP) is 3.55. The van der Waals surface area contributed by atoms with Crippen molar-refractivity contribution < 1.29 is 17.6 Å². The molecule has 1 N–H and O–H groups in total. The van der Waals surface area contributed by atoms with E-state index in [1.165, 1.54) is 21.7 Å². The first-order valence-electron chi connectivity index (χ1n) is 8.37. The van der Waals surface area contributed by atoms with Crippen LogP contribution in [0.2, 0.25) is 4.34 Å². The fraction of sp³-hybridized carbons (Fsp3) is 0.312. The minimum absolute atomic E-state index is 0.00146. The van der Waals surface area contributed by atoms with Gasteiger partial charge in [-0.15, -0.1) is 27.8 Å². The molecule has 4 rings (SSSR count). The van der Waals surface area contributed by atoms with E-state index in [4.69, 9.17) is 16.0 Å². The second kappa shape index (κ2) is 7.91. The summed E-state index contributed by atoms with van der Waals surface area (Å²) in [5.41, 5.74) is 0. The third-order valence-electron chi connectivity index (χ3n) is 4.28. The number of anilines is 1. The first-order chi connectivity index (χ1) is 13.4. The van der Waals surface area contributed by atoms with E-state index in [9.17, 15) is 13.2 Å². The van der Waals surface area contributed by atoms with Gasteiger partial charge >= 0.3 is 6.01 Å². The van der Waals surface area contributed by atoms with Crippen LogP contribution in [0.25, 0.3) is 10.8 Å². The molecule has 0 aromatic carbocycles. The molecule has 12 heteroatoms. The van der Waals surface area contributed by atoms with Crippen LogP contribution < -0.4 is 5.32 Å². The molecular weight excluding hydrogens is 444 g/mol. The molecule has 0 bridgehead atoms. The van der Waals surface area contributed by atoms with Crippen molar-refractivity contribution in [2.45, 2.75) is 17.1 Å². The summed E-state index contributed by atoms with van der Waals surface area (Å²) in [5.74, 6) is -0.519. The summed E-state index contributed by atoms with van der Waals surface area (Å²) in [6, 6.07) is 6.73. The number of carbonyl (C=O) groups is 1. The quantitative estimate of drug-likeness (QED) is 0.626. The van der Waals surface area contributed by atoms with Crippen LogP contribution in [0.4, 0.5) is 6.01 Å². The zero-order chi connectivity index (χ0) is 19.7. The van der Waals surface area contributed by atoms with Crippen LogP contribution in [0.3, 0.4) is 0 Å². The average molecular weight is 459 g/mol. The highest BCUT2D eigenvalue weighted by atomic mass is 35.5. The van der Waals surface area contributed by atoms with Gasteiger partial charge < -0.3 is 4.42 Å². The molecule has 1 saturated heterocycles. The Bertz CT molecular complexity index is 1080. The van der Waals surface area contributed by atoms with Crippen molar-refractivity contribution in [2.75, 3.05) is 18.4 Å². The lowest BCUT2D eigenvalue weighted by Crippen LogP contribution is -2.43. The molecule has 1 aliphatic heterocycles. The summed E-state index contributed by atoms with van der Waals surface area (Å²) in [7, 11) is -3.67. The third-order valence-corrected chi connectivity index (χ3v) is 8.71. The van der Waals surface area contributed by atoms with Crippen LogP contribution in [-0.2, 0) is 14.8 Å². The van der Waals surface area contributed by atoms with Gasteiger partial charge in [-0.2, -0.15) is 4.31 Å². The first-order valence-corrected chi connectivity index (χ1v) is 11.9. The molecule has 1 aliphatic rings. The molecule has 28 heavy (non-hydrogen) atoms. The van der Waals surface area contributed by atoms with Crippen LogP contribution >= 0.6 is 34.3 Å². The topological polar surface area (TPSA) is 105 Å². The summed E-state index contributed by atoms with van der Waals surface area (Å²) < 4.78 is 32.9. The van der Waals surface area contributed by atoms with E-state index in [1.54, 1.807) is 6.07 Å². The van der Waals surface area contributed by atoms with Gasteiger partial charge in [-0.1, -0.05) is 22.8 Å². The van der Waals surface area contributed by atoms with Gasteiger partial charge in [0.15, 0.2) is 0 Å². The monoisotopic (exact) mass is 458 g/mol. The zero-order valence-corrected chi connectivity index (χ0v) is 17.6. The van der Waals surface area contributed by atoms with Gasteiger partial charge in [0, 0.05) is 13.1 Å². The van der Waals surface area contributed by atoms with Crippen LogP contribution in [-0.4, -0.2) is 41.9 Å². The molecule has 3 aromatic rings. The van der Waals surface area contributed by atoms with E-state index in [0.717, 1.165) is 16.2 Å². The number of amides is 1. The van der Waals surface area contributed by atoms with Gasteiger partial charge in [-0.3, -0.25) is 10.1 Å². The maximum atomic E-state index is 12.8. The fourth-order valence-electron chi connectivity index (χ4n) is 2.92. The van der Waals surface area contributed by atoms with Crippen molar-refractivity contribution in [3.05, 3.63) is 34.0 Å². The molecule has 3 aromatic heterocycles. The van der Waals surface area contributed by atoms with Crippen molar-refractivity contribution in [3.63, 3.8) is 0 Å². The maximum absolute atomic E-state index is 12.8. The number of nitrogens with one attached hydrogen (secondary N) is 1. The van der Waals surface area contributed by atoms with Gasteiger partial charge in [0.25, 0.3) is 15.9 Å². The molecule has 1 unspecified atom stereocenters. The molecule has 4 heterocycles. The number of hydrogen-bond acceptors (Lipinski definition) is 8. The first kappa shape index (κ1) is 19.5. The van der Waals surface area contributed by atoms with Gasteiger partial charge in [0.05, 0.1) is 15.1 Å². The Morgan fingerprint density at radius 1 is 1.32 bits per heavy atom. The second-order valence-electron chi connectivity index (χ2n) is 6.14. The zero-order valence-electron chi connectivity index (χ0n) is 14.4. The maximum Gasteiger partial charge on any atom is 0.322 e. The second-order valence-corrected chi connectivity index (χ2v) is 11.0. The van der Waals surface area contributed by atoms with Crippen molar-refractivity contribution in [1.82, 2.24) is 14.5 Å². The molecule has 0 saturated carbocycles. The number of thiophene rings is 2. The summed E-state index contributed by atoms with van der Waals surface area (Å²) in [6.07, 6.45) is 1.16. The molecule has 1 atom stereocenters. The number of nitrogens with zero attached hydrogens (tertiary/aromatic N) is 3. The Morgan fingerprint density at radius 2 is 2.18 bits per heavy atom. The minimum atomic E-state index is -3.67. The van der Waals surface area contributed by atoms with Crippen LogP contribution in [0.5, 0.6) is 0 Å². The highest BCUT2D eigenvalue weighted by Gasteiger charge is 2.34. The van der Waals surface area contributed by atoms with Crippen molar-refractivity contribution in [3.8, 4) is 10.8 Å². The summed E-state index contributed by atoms with van der Waals surface area (Å²) in [5, 5.41) is 12.2. The molecule has 0 spiro atoms. The molecule has 0 radical (unpaired) electrons. The number of hydrogen-bond donors (Lipinski definition) is 1. The molecule has 1 fully saturated rings. The number of sulfonamides is 1. The lowest BCUT2D eigenvalue weighted by Gasteiger charge is -2.30. The normalized spacial score (nSPS) is 18.2. The number of piperidine rings is 1. The Morgan fingerprint density at radius 3 is 2.89 bits per heavy atom. The van der Waals surface area contributed by atoms with Gasteiger partial charge in [0.1, 0.15) is 4.21 Å². The number of halogens is 1. The van der Waals surface area contributed by atoms with E-state index >= 15 is 0 Å². The van der Waals surface area contributed by atoms with Crippen molar-refractivity contribution in [2.24, 2.45) is 5.92 Å². The van der Waals surface area contributed by atoms with Crippen LogP contribution in [0.1, 0.15) is 12.8 Å². The van der Waals surface area contributed by atoms with E-state index in [1.807, 2.05) is 17.5 Å². The van der Waals surface area contributed by atoms with Crippen molar-refractivity contribution >= 4 is 56.2 Å². The largest absolute Gasteiger partial charge is 0.402 e. The standard InChI is InChI=1S/C16H15ClN4O4S3/c17-12-5-6-13(27-12)28(23,24)21-7-1-3-10(9-21)14(22)18-16-20-19-15(25-16)11-4-2-8-26-11/h2,4-6,8,10H,1,3,7,9H2,(H,18,20,22). The summed E-state index contributed by atoms with van der Waals surface area (Å²) >= 11 is 8.32. The highest BCUT2D eigenvalue weighted by molar-refractivity contribution is 7.91. The SMILES string of the molecule is O=C(Nc1nnc(-c2cccs2)o1)C1CCCN(S(=O)(=O)c2ccc(Cl)s2)C1. The van der Waals surface area contributed by atoms with E-state index in [0.29, 0.717) is 29.6 Å². The Hall–Kier alpha value is -1.79. The van der Waals surface area contributed by atoms with Gasteiger partial charge in [-0.25, -0.2) is 8.42 Å². The number of rotatable bonds is 5. The molecular formula is C16H15ClN4O4S3. The molecule has 1 amide bonds. The molecule has 8 nitrogen and oxygen atoms in total. The predicted molar refractivity (Wildman–Crippen MR) is 107 cm³/mol. The Balaban J connectivity index is 1.44. The lowest BCUT2D eigenvalue weighted by atomic mass is 9.99. The van der Waals surface area contributed by atoms with Gasteiger partial charge in [-0.05, 0) is 36.4 Å². The minimum Gasteiger partial charge on any atom is -0.402 e. The van der Waals surface area contributed by atoms with E-state index in [-0.39, 0.29) is 22.7 Å². The third kappa shape index (κ3) is 3.98.